The topological polar surface area (TPSA) is 79.9 Å². The van der Waals surface area contributed by atoms with E-state index < -0.39 is 11.7 Å². The maximum atomic E-state index is 13.3. The Morgan fingerprint density at radius 3 is 2.22 bits per heavy atom. The molecule has 0 fully saturated rings. The number of nitrogens with one attached hydrogen (secondary N) is 2. The van der Waals surface area contributed by atoms with Gasteiger partial charge in [-0.1, -0.05) is 48.5 Å². The van der Waals surface area contributed by atoms with Crippen LogP contribution in [0.5, 0.6) is 5.75 Å². The van der Waals surface area contributed by atoms with Crippen molar-refractivity contribution >= 4 is 28.9 Å². The molecule has 0 saturated carbocycles. The van der Waals surface area contributed by atoms with Crippen LogP contribution in [0.4, 0.5) is 17.1 Å². The number of amides is 1. The van der Waals surface area contributed by atoms with Gasteiger partial charge >= 0.3 is 5.97 Å². The molecule has 0 saturated heterocycles. The Morgan fingerprint density at radius 1 is 0.854 bits per heavy atom. The zero-order valence-electron chi connectivity index (χ0n) is 23.9. The third-order valence-corrected chi connectivity index (χ3v) is 7.30. The average molecular weight is 550 g/mol. The number of esters is 1. The molecule has 0 aliphatic carbocycles. The average Bonchev–Trinajstić information content (AvgIpc) is 3.26. The number of hydrogen-bond acceptors (Lipinski definition) is 6. The van der Waals surface area contributed by atoms with Gasteiger partial charge in [-0.25, -0.2) is 4.79 Å². The first-order valence-corrected chi connectivity index (χ1v) is 14.0. The fourth-order valence-corrected chi connectivity index (χ4v) is 5.41. The second kappa shape index (κ2) is 11.8. The number of fused-ring (bicyclic) bond motifs is 1. The summed E-state index contributed by atoms with van der Waals surface area (Å²) in [5, 5.41) is 6.45. The van der Waals surface area contributed by atoms with Gasteiger partial charge in [-0.2, -0.15) is 0 Å². The van der Waals surface area contributed by atoms with E-state index in [0.29, 0.717) is 23.5 Å². The van der Waals surface area contributed by atoms with Gasteiger partial charge in [-0.05, 0) is 62.7 Å². The Hall–Kier alpha value is -4.78. The van der Waals surface area contributed by atoms with E-state index in [-0.39, 0.29) is 5.91 Å². The second-order valence-corrected chi connectivity index (χ2v) is 9.83. The van der Waals surface area contributed by atoms with Crippen molar-refractivity contribution < 1.29 is 19.1 Å². The molecule has 0 radical (unpaired) electrons. The molecule has 41 heavy (non-hydrogen) atoms. The summed E-state index contributed by atoms with van der Waals surface area (Å²) in [4.78, 5) is 27.1. The summed E-state index contributed by atoms with van der Waals surface area (Å²) in [6, 6.07) is 29.1. The molecule has 2 N–H and O–H groups in total. The fraction of sp³-hybridized carbons (Fsp3) is 0.235. The van der Waals surface area contributed by atoms with Crippen molar-refractivity contribution in [3.63, 3.8) is 0 Å². The van der Waals surface area contributed by atoms with Crippen LogP contribution in [0.2, 0.25) is 0 Å². The molecular formula is C34H35N3O4. The number of carbonyl (C=O) groups is 2. The number of rotatable bonds is 10. The van der Waals surface area contributed by atoms with Crippen LogP contribution in [-0.4, -0.2) is 31.6 Å². The van der Waals surface area contributed by atoms with E-state index in [1.165, 1.54) is 6.92 Å². The number of hydrogen-bond donors (Lipinski definition) is 2. The highest BCUT2D eigenvalue weighted by Gasteiger charge is 2.49. The lowest BCUT2D eigenvalue weighted by molar-refractivity contribution is -0.114. The quantitative estimate of drug-likeness (QED) is 0.207. The minimum Gasteiger partial charge on any atom is -0.493 e. The van der Waals surface area contributed by atoms with Crippen molar-refractivity contribution in [2.24, 2.45) is 0 Å². The highest BCUT2D eigenvalue weighted by atomic mass is 16.6. The second-order valence-electron chi connectivity index (χ2n) is 9.83. The summed E-state index contributed by atoms with van der Waals surface area (Å²) >= 11 is 0. The molecule has 1 amide bonds. The van der Waals surface area contributed by atoms with Crippen LogP contribution < -0.4 is 20.3 Å². The molecule has 5 rings (SSSR count). The van der Waals surface area contributed by atoms with Crippen molar-refractivity contribution in [1.29, 1.82) is 0 Å². The van der Waals surface area contributed by atoms with Gasteiger partial charge in [0.1, 0.15) is 5.75 Å². The molecule has 7 heteroatoms. The van der Waals surface area contributed by atoms with Crippen molar-refractivity contribution in [2.45, 2.75) is 33.4 Å². The van der Waals surface area contributed by atoms with Crippen molar-refractivity contribution in [2.75, 3.05) is 35.2 Å². The van der Waals surface area contributed by atoms with E-state index in [2.05, 4.69) is 35.4 Å². The number of para-hydroxylation sites is 1. The van der Waals surface area contributed by atoms with E-state index in [1.54, 1.807) is 6.07 Å². The largest absolute Gasteiger partial charge is 0.493 e. The number of carbonyl (C=O) groups excluding carboxylic acids is 2. The van der Waals surface area contributed by atoms with Crippen LogP contribution >= 0.6 is 0 Å². The molecule has 4 aromatic carbocycles. The van der Waals surface area contributed by atoms with Crippen LogP contribution in [-0.2, 0) is 15.3 Å². The Labute approximate surface area is 241 Å². The van der Waals surface area contributed by atoms with E-state index in [4.69, 9.17) is 9.47 Å². The number of cyclic esters (lactones) is 1. The lowest BCUT2D eigenvalue weighted by Crippen LogP contribution is -2.37. The van der Waals surface area contributed by atoms with E-state index in [9.17, 15) is 9.59 Å². The number of benzene rings is 4. The zero-order chi connectivity index (χ0) is 29.0. The normalized spacial score (nSPS) is 15.6. The summed E-state index contributed by atoms with van der Waals surface area (Å²) in [7, 11) is 0. The van der Waals surface area contributed by atoms with Crippen molar-refractivity contribution in [1.82, 2.24) is 0 Å². The fourth-order valence-electron chi connectivity index (χ4n) is 5.41. The predicted molar refractivity (Wildman–Crippen MR) is 164 cm³/mol. The maximum absolute atomic E-state index is 13.3. The Bertz CT molecular complexity index is 1560. The zero-order valence-corrected chi connectivity index (χ0v) is 23.9. The summed E-state index contributed by atoms with van der Waals surface area (Å²) in [5.41, 5.74) is 5.00. The number of anilines is 3. The molecule has 1 atom stereocenters. The highest BCUT2D eigenvalue weighted by Crippen LogP contribution is 2.47. The summed E-state index contributed by atoms with van der Waals surface area (Å²) in [6.07, 6.45) is 0. The van der Waals surface area contributed by atoms with E-state index in [1.807, 2.05) is 85.8 Å². The van der Waals surface area contributed by atoms with Crippen LogP contribution in [0, 0.1) is 0 Å². The van der Waals surface area contributed by atoms with Gasteiger partial charge in [-0.15, -0.1) is 0 Å². The Kier molecular flexibility index (Phi) is 7.97. The maximum Gasteiger partial charge on any atom is 0.341 e. The minimum absolute atomic E-state index is 0.124. The van der Waals surface area contributed by atoms with Gasteiger partial charge < -0.3 is 25.0 Å². The predicted octanol–water partition coefficient (Wildman–Crippen LogP) is 7.04. The van der Waals surface area contributed by atoms with Gasteiger partial charge in [0.2, 0.25) is 11.6 Å². The van der Waals surface area contributed by atoms with Crippen LogP contribution in [0.25, 0.3) is 11.1 Å². The van der Waals surface area contributed by atoms with Crippen LogP contribution in [0.1, 0.15) is 49.2 Å². The lowest BCUT2D eigenvalue weighted by atomic mass is 9.90. The Balaban J connectivity index is 1.66. The van der Waals surface area contributed by atoms with Gasteiger partial charge in [0.05, 0.1) is 17.7 Å². The standard InChI is InChI=1S/C34H35N3O4/c1-5-37(6-2)26-20-21-30(32(22-26)40-7-3)34(29-14-10-8-13-28(29)33(39)41-34)36-31-15-11-9-12-27(31)24-16-18-25(19-17-24)35-23(4)38/h8-22,36H,5-7H2,1-4H3,(H,35,38). The lowest BCUT2D eigenvalue weighted by Gasteiger charge is -2.34. The molecule has 1 aliphatic heterocycles. The molecule has 1 aliphatic rings. The number of nitrogens with zero attached hydrogens (tertiary/aromatic N) is 1. The molecule has 0 bridgehead atoms. The third-order valence-electron chi connectivity index (χ3n) is 7.30. The molecular weight excluding hydrogens is 514 g/mol. The summed E-state index contributed by atoms with van der Waals surface area (Å²) < 4.78 is 12.5. The SMILES string of the molecule is CCOc1cc(N(CC)CC)ccc1C1(Nc2ccccc2-c2ccc(NC(C)=O)cc2)OC(=O)c2ccccc21. The third kappa shape index (κ3) is 5.35. The van der Waals surface area contributed by atoms with Crippen LogP contribution in [0.3, 0.4) is 0 Å². The summed E-state index contributed by atoms with van der Waals surface area (Å²) in [6.45, 7) is 9.84. The van der Waals surface area contributed by atoms with Gasteiger partial charge in [0.15, 0.2) is 0 Å². The van der Waals surface area contributed by atoms with Gasteiger partial charge in [0, 0.05) is 54.3 Å². The first-order chi connectivity index (χ1) is 19.9. The Morgan fingerprint density at radius 2 is 1.54 bits per heavy atom. The van der Waals surface area contributed by atoms with Gasteiger partial charge in [-0.3, -0.25) is 4.79 Å². The first-order valence-electron chi connectivity index (χ1n) is 14.0. The monoisotopic (exact) mass is 549 g/mol. The first kappa shape index (κ1) is 27.8. The van der Waals surface area contributed by atoms with Gasteiger partial charge in [0.25, 0.3) is 0 Å². The number of ether oxygens (including phenoxy) is 2. The molecule has 1 unspecified atom stereocenters. The van der Waals surface area contributed by atoms with Crippen molar-refractivity contribution in [3.8, 4) is 16.9 Å². The van der Waals surface area contributed by atoms with E-state index >= 15 is 0 Å². The van der Waals surface area contributed by atoms with E-state index in [0.717, 1.165) is 46.8 Å². The molecule has 1 heterocycles. The molecule has 210 valence electrons. The molecule has 0 aromatic heterocycles. The van der Waals surface area contributed by atoms with Crippen LogP contribution in [0.15, 0.2) is 91.0 Å². The molecule has 0 spiro atoms. The summed E-state index contributed by atoms with van der Waals surface area (Å²) in [5.74, 6) is 0.118. The van der Waals surface area contributed by atoms with Crippen molar-refractivity contribution in [3.05, 3.63) is 108 Å². The molecule has 4 aromatic rings. The highest BCUT2D eigenvalue weighted by molar-refractivity contribution is 5.96. The minimum atomic E-state index is -1.33. The smallest absolute Gasteiger partial charge is 0.341 e. The molecule has 7 nitrogen and oxygen atoms in total.